The highest BCUT2D eigenvalue weighted by molar-refractivity contribution is 14.1. The second kappa shape index (κ2) is 13.7. The van der Waals surface area contributed by atoms with Crippen LogP contribution in [0.2, 0.25) is 0 Å². The SMILES string of the molecule is CCN(C(=O)c1cc[n+]([O-])cc1)c1cccc(C(=O)Nc2c(Br)cc(C(I)(C(F)(F)I)C(F)(F)I)cc2OC(F)F)c1F. The van der Waals surface area contributed by atoms with Crippen LogP contribution >= 0.6 is 83.7 Å². The number of hydrogen-bond acceptors (Lipinski definition) is 4. The van der Waals surface area contributed by atoms with E-state index in [1.807, 2.05) is 0 Å². The monoisotopic (exact) mass is 1010 g/mol. The second-order valence-electron chi connectivity index (χ2n) is 8.45. The lowest BCUT2D eigenvalue weighted by Crippen LogP contribution is -2.47. The molecule has 0 radical (unpaired) electrons. The van der Waals surface area contributed by atoms with E-state index >= 15 is 4.39 Å². The van der Waals surface area contributed by atoms with Gasteiger partial charge in [-0.05, 0) is 52.7 Å². The van der Waals surface area contributed by atoms with Gasteiger partial charge in [-0.25, -0.2) is 4.39 Å². The number of carbonyl (C=O) groups excluding carboxylic acids is 2. The fraction of sp³-hybridized carbons (Fsp3) is 0.240. The van der Waals surface area contributed by atoms with Gasteiger partial charge in [0.25, 0.3) is 11.8 Å². The van der Waals surface area contributed by atoms with Crippen LogP contribution in [-0.4, -0.2) is 32.8 Å². The molecule has 1 heterocycles. The molecule has 7 nitrogen and oxygen atoms in total. The average molecular weight is 1020 g/mol. The maximum atomic E-state index is 15.7. The fourth-order valence-corrected chi connectivity index (χ4v) is 6.47. The highest BCUT2D eigenvalue weighted by Gasteiger charge is 2.66. The molecule has 43 heavy (non-hydrogen) atoms. The Balaban J connectivity index is 2.07. The number of carbonyl (C=O) groups is 2. The van der Waals surface area contributed by atoms with E-state index in [9.17, 15) is 41.1 Å². The van der Waals surface area contributed by atoms with Crippen LogP contribution in [0.3, 0.4) is 0 Å². The van der Waals surface area contributed by atoms with Gasteiger partial charge in [0.1, 0.15) is 0 Å². The summed E-state index contributed by atoms with van der Waals surface area (Å²) in [7, 11) is 0. The normalized spacial score (nSPS) is 12.3. The molecule has 0 fully saturated rings. The van der Waals surface area contributed by atoms with Crippen molar-refractivity contribution < 1.29 is 49.8 Å². The maximum Gasteiger partial charge on any atom is 0.387 e. The summed E-state index contributed by atoms with van der Waals surface area (Å²) < 4.78 is 93.2. The molecule has 232 valence electrons. The van der Waals surface area contributed by atoms with Crippen LogP contribution in [-0.2, 0) is 3.42 Å². The number of anilines is 2. The molecule has 3 aromatic rings. The Morgan fingerprint density at radius 1 is 1.07 bits per heavy atom. The molecule has 0 spiro atoms. The maximum absolute atomic E-state index is 15.7. The van der Waals surface area contributed by atoms with E-state index in [4.69, 9.17) is 0 Å². The van der Waals surface area contributed by atoms with Crippen molar-refractivity contribution in [3.05, 3.63) is 87.0 Å². The molecule has 0 saturated carbocycles. The molecule has 2 amide bonds. The smallest absolute Gasteiger partial charge is 0.387 e. The molecule has 1 aromatic heterocycles. The lowest BCUT2D eigenvalue weighted by molar-refractivity contribution is -0.605. The second-order valence-corrected chi connectivity index (χ2v) is 13.6. The lowest BCUT2D eigenvalue weighted by Gasteiger charge is -2.36. The van der Waals surface area contributed by atoms with Gasteiger partial charge in [-0.3, -0.25) is 9.59 Å². The molecule has 0 atom stereocenters. The van der Waals surface area contributed by atoms with Crippen LogP contribution in [0.25, 0.3) is 0 Å². The molecule has 0 bridgehead atoms. The number of aromatic nitrogens is 1. The fourth-order valence-electron chi connectivity index (χ4n) is 3.80. The number of nitrogens with one attached hydrogen (secondary N) is 1. The van der Waals surface area contributed by atoms with Crippen molar-refractivity contribution in [3.63, 3.8) is 0 Å². The van der Waals surface area contributed by atoms with Crippen molar-refractivity contribution in [3.8, 4) is 5.75 Å². The Bertz CT molecular complexity index is 1510. The quantitative estimate of drug-likeness (QED) is 0.0728. The summed E-state index contributed by atoms with van der Waals surface area (Å²) in [5.41, 5.74) is -2.36. The van der Waals surface area contributed by atoms with Gasteiger partial charge in [0.05, 0.1) is 22.5 Å². The summed E-state index contributed by atoms with van der Waals surface area (Å²) in [6.07, 6.45) is 2.13. The van der Waals surface area contributed by atoms with Crippen LogP contribution < -0.4 is 19.7 Å². The summed E-state index contributed by atoms with van der Waals surface area (Å²) in [5.74, 6) is -4.08. The summed E-state index contributed by atoms with van der Waals surface area (Å²) in [6, 6.07) is 7.17. The van der Waals surface area contributed by atoms with E-state index in [2.05, 4.69) is 26.0 Å². The van der Waals surface area contributed by atoms with E-state index in [1.54, 1.807) is 0 Å². The van der Waals surface area contributed by atoms with E-state index in [0.717, 1.165) is 52.0 Å². The molecular formula is C25H16BrF7I3N3O4. The standard InChI is InChI=1S/C25H16BrF7I3N3O4/c1-2-39(21(41)12-6-8-38(42)9-7-12)16-5-3-4-14(18(16)27)20(40)37-19-15(26)10-13(11-17(19)43-22(28)29)23(34,24(30,31)35)25(32,33)36/h3-11,22H,2H2,1H3,(H,37,40). The lowest BCUT2D eigenvalue weighted by atomic mass is 9.98. The zero-order valence-corrected chi connectivity index (χ0v) is 29.2. The first-order valence-corrected chi connectivity index (χ1v) is 15.6. The summed E-state index contributed by atoms with van der Waals surface area (Å²) in [4.78, 5) is 27.2. The van der Waals surface area contributed by atoms with Crippen LogP contribution in [0.15, 0.2) is 59.3 Å². The topological polar surface area (TPSA) is 85.6 Å². The van der Waals surface area contributed by atoms with Crippen LogP contribution in [0, 0.1) is 11.0 Å². The highest BCUT2D eigenvalue weighted by Crippen LogP contribution is 2.61. The van der Waals surface area contributed by atoms with Crippen molar-refractivity contribution in [1.29, 1.82) is 0 Å². The van der Waals surface area contributed by atoms with E-state index < -0.39 is 62.6 Å². The number of amides is 2. The Kier molecular flexibility index (Phi) is 11.4. The van der Waals surface area contributed by atoms with Crippen LogP contribution in [0.5, 0.6) is 5.75 Å². The van der Waals surface area contributed by atoms with Gasteiger partial charge in [0, 0.05) is 68.3 Å². The van der Waals surface area contributed by atoms with Crippen molar-refractivity contribution >= 4 is 107 Å². The average Bonchev–Trinajstić information content (AvgIpc) is 2.89. The molecule has 0 saturated heterocycles. The third kappa shape index (κ3) is 7.59. The molecule has 3 rings (SSSR count). The van der Waals surface area contributed by atoms with E-state index in [0.29, 0.717) is 56.0 Å². The highest BCUT2D eigenvalue weighted by atomic mass is 127. The minimum Gasteiger partial charge on any atom is -0.619 e. The Labute approximate surface area is 288 Å². The molecule has 2 aromatic carbocycles. The predicted octanol–water partition coefficient (Wildman–Crippen LogP) is 8.43. The first-order chi connectivity index (χ1) is 19.8. The van der Waals surface area contributed by atoms with Gasteiger partial charge >= 0.3 is 14.5 Å². The summed E-state index contributed by atoms with van der Waals surface area (Å²) in [5, 5.41) is 13.4. The summed E-state index contributed by atoms with van der Waals surface area (Å²) >= 11 is 4.77. The number of rotatable bonds is 10. The number of pyridine rings is 1. The Morgan fingerprint density at radius 3 is 2.16 bits per heavy atom. The number of benzene rings is 2. The predicted molar refractivity (Wildman–Crippen MR) is 172 cm³/mol. The van der Waals surface area contributed by atoms with Crippen molar-refractivity contribution in [2.24, 2.45) is 0 Å². The van der Waals surface area contributed by atoms with E-state index in [1.165, 1.54) is 31.2 Å². The molecule has 0 aliphatic heterocycles. The van der Waals surface area contributed by atoms with Crippen molar-refractivity contribution in [2.45, 2.75) is 24.8 Å². The molecular weight excluding hydrogens is 1000 g/mol. The van der Waals surface area contributed by atoms with Crippen LogP contribution in [0.4, 0.5) is 42.1 Å². The van der Waals surface area contributed by atoms with Gasteiger partial charge in [-0.1, -0.05) is 28.7 Å². The molecule has 0 aliphatic carbocycles. The van der Waals surface area contributed by atoms with Gasteiger partial charge in [-0.15, -0.1) is 0 Å². The first-order valence-electron chi connectivity index (χ1n) is 11.5. The van der Waals surface area contributed by atoms with Gasteiger partial charge in [0.15, 0.2) is 27.4 Å². The van der Waals surface area contributed by atoms with Crippen molar-refractivity contribution in [1.82, 2.24) is 0 Å². The molecule has 0 aliphatic rings. The number of halogens is 11. The third-order valence-electron chi connectivity index (χ3n) is 5.81. The Morgan fingerprint density at radius 2 is 1.65 bits per heavy atom. The summed E-state index contributed by atoms with van der Waals surface area (Å²) in [6.45, 7) is -2.10. The zero-order chi connectivity index (χ0) is 32.5. The molecule has 18 heteroatoms. The number of alkyl halides is 9. The molecule has 0 unspecified atom stereocenters. The number of ether oxygens (including phenoxy) is 1. The van der Waals surface area contributed by atoms with Gasteiger partial charge in [-0.2, -0.15) is 31.1 Å². The minimum atomic E-state index is -4.11. The first kappa shape index (κ1) is 35.8. The Hall–Kier alpha value is -1.69. The number of hydrogen-bond donors (Lipinski definition) is 1. The number of nitrogens with zero attached hydrogens (tertiary/aromatic N) is 2. The van der Waals surface area contributed by atoms with E-state index in [-0.39, 0.29) is 17.8 Å². The van der Waals surface area contributed by atoms with Crippen molar-refractivity contribution in [2.75, 3.05) is 16.8 Å². The van der Waals surface area contributed by atoms with Gasteiger partial charge in [0.2, 0.25) is 0 Å². The zero-order valence-electron chi connectivity index (χ0n) is 21.2. The van der Waals surface area contributed by atoms with Gasteiger partial charge < -0.3 is 20.2 Å². The third-order valence-corrected chi connectivity index (χ3v) is 12.1. The van der Waals surface area contributed by atoms with Crippen LogP contribution in [0.1, 0.15) is 33.2 Å². The minimum absolute atomic E-state index is 0.0431. The molecule has 1 N–H and O–H groups in total. The largest absolute Gasteiger partial charge is 0.619 e.